The first-order chi connectivity index (χ1) is 27.8. The number of aromatic nitrogens is 5. The summed E-state index contributed by atoms with van der Waals surface area (Å²) in [6.45, 7) is 0. The van der Waals surface area contributed by atoms with Gasteiger partial charge in [0, 0.05) is 62.8 Å². The van der Waals surface area contributed by atoms with Crippen LogP contribution in [-0.2, 0) is 0 Å². The zero-order chi connectivity index (χ0) is 37.0. The number of rotatable bonds is 6. The summed E-state index contributed by atoms with van der Waals surface area (Å²) in [5.41, 5.74) is 16.3. The van der Waals surface area contributed by atoms with E-state index in [1.165, 1.54) is 27.4 Å². The van der Waals surface area contributed by atoms with Crippen LogP contribution in [0, 0.1) is 0 Å². The molecule has 0 saturated carbocycles. The van der Waals surface area contributed by atoms with E-state index in [0.29, 0.717) is 0 Å². The second-order valence-electron chi connectivity index (χ2n) is 14.1. The highest BCUT2D eigenvalue weighted by atomic mass is 15.0. The van der Waals surface area contributed by atoms with E-state index in [9.17, 15) is 0 Å². The van der Waals surface area contributed by atoms with Crippen molar-refractivity contribution in [1.29, 1.82) is 0 Å². The van der Waals surface area contributed by atoms with E-state index in [1.54, 1.807) is 0 Å². The van der Waals surface area contributed by atoms with Crippen LogP contribution in [0.4, 0.5) is 0 Å². The first kappa shape index (κ1) is 31.9. The fourth-order valence-corrected chi connectivity index (χ4v) is 8.34. The lowest BCUT2D eigenvalue weighted by atomic mass is 9.96. The van der Waals surface area contributed by atoms with Gasteiger partial charge in [-0.1, -0.05) is 84.9 Å². The lowest BCUT2D eigenvalue weighted by Crippen LogP contribution is -1.96. The standard InChI is InChI=1S/C51H33N5/c1-2-12-39(13-3-1)55-48-26-23-35(33-44(48)50-49(55)20-11-29-54-50)41-15-10-16-43-42-14-4-5-19-47(42)56(51(41)43)40-24-21-34(22-25-40)36-30-37(45-17-6-8-27-52-45)32-38(31-36)46-18-7-9-28-53-46/h1-33H. The number of fused-ring (bicyclic) bond motifs is 6. The van der Waals surface area contributed by atoms with Gasteiger partial charge in [-0.15, -0.1) is 0 Å². The molecule has 0 saturated heterocycles. The van der Waals surface area contributed by atoms with Gasteiger partial charge in [-0.05, 0) is 114 Å². The monoisotopic (exact) mass is 715 g/mol. The molecule has 5 nitrogen and oxygen atoms in total. The van der Waals surface area contributed by atoms with Crippen molar-refractivity contribution in [2.45, 2.75) is 0 Å². The molecule has 11 rings (SSSR count). The summed E-state index contributed by atoms with van der Waals surface area (Å²) >= 11 is 0. The maximum absolute atomic E-state index is 4.90. The Labute approximate surface area is 323 Å². The predicted molar refractivity (Wildman–Crippen MR) is 230 cm³/mol. The number of nitrogens with zero attached hydrogens (tertiary/aromatic N) is 5. The van der Waals surface area contributed by atoms with Crippen LogP contribution in [-0.4, -0.2) is 24.1 Å². The maximum Gasteiger partial charge on any atom is 0.0963 e. The third kappa shape index (κ3) is 5.21. The first-order valence-corrected chi connectivity index (χ1v) is 18.8. The maximum atomic E-state index is 4.90. The molecule has 6 aromatic carbocycles. The zero-order valence-electron chi connectivity index (χ0n) is 30.3. The molecule has 0 aliphatic carbocycles. The van der Waals surface area contributed by atoms with Crippen LogP contribution in [0.5, 0.6) is 0 Å². The van der Waals surface area contributed by atoms with E-state index >= 15 is 0 Å². The summed E-state index contributed by atoms with van der Waals surface area (Å²) in [4.78, 5) is 14.2. The van der Waals surface area contributed by atoms with Gasteiger partial charge in [0.25, 0.3) is 0 Å². The van der Waals surface area contributed by atoms with E-state index < -0.39 is 0 Å². The van der Waals surface area contributed by atoms with Gasteiger partial charge in [-0.2, -0.15) is 0 Å². The summed E-state index contributed by atoms with van der Waals surface area (Å²) in [6, 6.07) is 64.6. The average Bonchev–Trinajstić information content (AvgIpc) is 3.80. The van der Waals surface area contributed by atoms with Gasteiger partial charge in [0.05, 0.1) is 39.0 Å². The summed E-state index contributed by atoms with van der Waals surface area (Å²) in [5, 5.41) is 3.57. The minimum atomic E-state index is 0.930. The molecule has 0 N–H and O–H groups in total. The molecule has 0 spiro atoms. The summed E-state index contributed by atoms with van der Waals surface area (Å²) < 4.78 is 4.73. The molecule has 0 bridgehead atoms. The van der Waals surface area contributed by atoms with Crippen molar-refractivity contribution in [3.8, 4) is 56.1 Å². The third-order valence-electron chi connectivity index (χ3n) is 10.9. The third-order valence-corrected chi connectivity index (χ3v) is 10.9. The van der Waals surface area contributed by atoms with E-state index in [-0.39, 0.29) is 0 Å². The molecule has 0 amide bonds. The van der Waals surface area contributed by atoms with Crippen LogP contribution in [0.15, 0.2) is 201 Å². The molecule has 56 heavy (non-hydrogen) atoms. The van der Waals surface area contributed by atoms with Gasteiger partial charge < -0.3 is 9.13 Å². The van der Waals surface area contributed by atoms with E-state index in [4.69, 9.17) is 4.98 Å². The number of hydrogen-bond donors (Lipinski definition) is 0. The van der Waals surface area contributed by atoms with Crippen molar-refractivity contribution in [2.75, 3.05) is 0 Å². The van der Waals surface area contributed by atoms with Crippen molar-refractivity contribution in [3.05, 3.63) is 201 Å². The SMILES string of the molecule is c1ccc(-n2c3ccc(-c4cccc5c6ccccc6n(-c6ccc(-c7cc(-c8ccccn8)cc(-c8ccccn8)c7)cc6)c45)cc3c3ncccc32)cc1. The van der Waals surface area contributed by atoms with Gasteiger partial charge in [0.1, 0.15) is 0 Å². The highest BCUT2D eigenvalue weighted by Crippen LogP contribution is 2.41. The molecule has 0 aliphatic rings. The highest BCUT2D eigenvalue weighted by Gasteiger charge is 2.19. The van der Waals surface area contributed by atoms with Gasteiger partial charge in [0.2, 0.25) is 0 Å². The second-order valence-corrected chi connectivity index (χ2v) is 14.1. The lowest BCUT2D eigenvalue weighted by molar-refractivity contribution is 1.17. The Balaban J connectivity index is 1.08. The van der Waals surface area contributed by atoms with Gasteiger partial charge in [-0.3, -0.25) is 15.0 Å². The first-order valence-electron chi connectivity index (χ1n) is 18.8. The number of pyridine rings is 3. The Kier molecular flexibility index (Phi) is 7.42. The van der Waals surface area contributed by atoms with E-state index in [0.717, 1.165) is 72.5 Å². The molecule has 262 valence electrons. The highest BCUT2D eigenvalue weighted by molar-refractivity contribution is 6.15. The Morgan fingerprint density at radius 2 is 0.929 bits per heavy atom. The van der Waals surface area contributed by atoms with Crippen molar-refractivity contribution < 1.29 is 0 Å². The lowest BCUT2D eigenvalue weighted by Gasteiger charge is -2.14. The summed E-state index contributed by atoms with van der Waals surface area (Å²) in [5.74, 6) is 0. The van der Waals surface area contributed by atoms with Crippen LogP contribution < -0.4 is 0 Å². The molecular weight excluding hydrogens is 683 g/mol. The Morgan fingerprint density at radius 3 is 1.68 bits per heavy atom. The molecule has 11 aromatic rings. The Hall–Kier alpha value is -7.63. The van der Waals surface area contributed by atoms with E-state index in [1.807, 2.05) is 48.9 Å². The molecule has 0 fully saturated rings. The molecule has 5 heteroatoms. The Morgan fingerprint density at radius 1 is 0.321 bits per heavy atom. The molecule has 0 radical (unpaired) electrons. The van der Waals surface area contributed by atoms with Gasteiger partial charge in [-0.25, -0.2) is 0 Å². The van der Waals surface area contributed by atoms with Crippen molar-refractivity contribution in [2.24, 2.45) is 0 Å². The van der Waals surface area contributed by atoms with Crippen molar-refractivity contribution in [1.82, 2.24) is 24.1 Å². The van der Waals surface area contributed by atoms with Crippen molar-refractivity contribution >= 4 is 43.7 Å². The van der Waals surface area contributed by atoms with Gasteiger partial charge in [0.15, 0.2) is 0 Å². The fraction of sp³-hybridized carbons (Fsp3) is 0. The zero-order valence-corrected chi connectivity index (χ0v) is 30.3. The minimum absolute atomic E-state index is 0.930. The Bertz CT molecular complexity index is 3160. The molecule has 0 atom stereocenters. The minimum Gasteiger partial charge on any atom is -0.309 e. The second kappa shape index (κ2) is 13.0. The van der Waals surface area contributed by atoms with Crippen LogP contribution >= 0.6 is 0 Å². The summed E-state index contributed by atoms with van der Waals surface area (Å²) in [6.07, 6.45) is 5.57. The normalized spacial score (nSPS) is 11.6. The number of hydrogen-bond acceptors (Lipinski definition) is 3. The number of para-hydroxylation sites is 3. The molecular formula is C51H33N5. The summed E-state index contributed by atoms with van der Waals surface area (Å²) in [7, 11) is 0. The predicted octanol–water partition coefficient (Wildman–Crippen LogP) is 12.7. The van der Waals surface area contributed by atoms with Crippen molar-refractivity contribution in [3.63, 3.8) is 0 Å². The van der Waals surface area contributed by atoms with Crippen LogP contribution in [0.2, 0.25) is 0 Å². The van der Waals surface area contributed by atoms with Crippen LogP contribution in [0.25, 0.3) is 99.9 Å². The molecule has 0 unspecified atom stereocenters. The quantitative estimate of drug-likeness (QED) is 0.172. The van der Waals surface area contributed by atoms with Crippen LogP contribution in [0.1, 0.15) is 0 Å². The van der Waals surface area contributed by atoms with E-state index in [2.05, 4.69) is 171 Å². The smallest absolute Gasteiger partial charge is 0.0963 e. The molecule has 0 aliphatic heterocycles. The topological polar surface area (TPSA) is 48.5 Å². The molecule has 5 aromatic heterocycles. The van der Waals surface area contributed by atoms with Gasteiger partial charge >= 0.3 is 0 Å². The molecule has 5 heterocycles. The van der Waals surface area contributed by atoms with Crippen LogP contribution in [0.3, 0.4) is 0 Å². The fourth-order valence-electron chi connectivity index (χ4n) is 8.34. The largest absolute Gasteiger partial charge is 0.309 e. The number of benzene rings is 6. The average molecular weight is 716 g/mol.